The highest BCUT2D eigenvalue weighted by Crippen LogP contribution is 2.39. The summed E-state index contributed by atoms with van der Waals surface area (Å²) in [5.74, 6) is 0.215. The van der Waals surface area contributed by atoms with Crippen LogP contribution in [0.1, 0.15) is 29.9 Å². The molecule has 1 unspecified atom stereocenters. The molecule has 0 spiro atoms. The highest BCUT2D eigenvalue weighted by atomic mass is 19.4. The predicted octanol–water partition coefficient (Wildman–Crippen LogP) is 3.01. The van der Waals surface area contributed by atoms with E-state index >= 15 is 0 Å². The van der Waals surface area contributed by atoms with Crippen LogP contribution in [0.5, 0.6) is 0 Å². The topological polar surface area (TPSA) is 24.1 Å². The van der Waals surface area contributed by atoms with Crippen molar-refractivity contribution < 1.29 is 13.2 Å². The lowest BCUT2D eigenvalue weighted by Gasteiger charge is -2.32. The minimum atomic E-state index is -4.28. The minimum Gasteiger partial charge on any atom is -0.319 e. The summed E-state index contributed by atoms with van der Waals surface area (Å²) < 4.78 is 39.6. The second-order valence-electron chi connectivity index (χ2n) is 5.34. The Morgan fingerprint density at radius 1 is 1.25 bits per heavy atom. The molecule has 2 nitrogen and oxygen atoms in total. The monoisotopic (exact) mass is 286 g/mol. The molecule has 112 valence electrons. The Balaban J connectivity index is 2.33. The van der Waals surface area contributed by atoms with E-state index in [1.165, 1.54) is 12.1 Å². The molecule has 0 amide bonds. The highest BCUT2D eigenvalue weighted by molar-refractivity contribution is 5.33. The Bertz CT molecular complexity index is 425. The van der Waals surface area contributed by atoms with Crippen molar-refractivity contribution in [1.82, 2.24) is 10.6 Å². The zero-order valence-corrected chi connectivity index (χ0v) is 11.6. The van der Waals surface area contributed by atoms with Crippen LogP contribution in [0.2, 0.25) is 0 Å². The van der Waals surface area contributed by atoms with Gasteiger partial charge in [-0.15, -0.1) is 0 Å². The Morgan fingerprint density at radius 3 is 2.50 bits per heavy atom. The van der Waals surface area contributed by atoms with Crippen LogP contribution >= 0.6 is 0 Å². The predicted molar refractivity (Wildman–Crippen MR) is 73.7 cm³/mol. The fraction of sp³-hybridized carbons (Fsp3) is 0.600. The first-order chi connectivity index (χ1) is 9.54. The average molecular weight is 286 g/mol. The summed E-state index contributed by atoms with van der Waals surface area (Å²) in [6.45, 7) is 2.36. The van der Waals surface area contributed by atoms with E-state index in [1.54, 1.807) is 19.2 Å². The molecule has 0 aromatic heterocycles. The molecule has 1 aliphatic rings. The van der Waals surface area contributed by atoms with E-state index < -0.39 is 11.7 Å². The lowest BCUT2D eigenvalue weighted by atomic mass is 9.78. The molecule has 0 saturated carbocycles. The van der Waals surface area contributed by atoms with Crippen LogP contribution in [-0.2, 0) is 6.18 Å². The van der Waals surface area contributed by atoms with Crippen LogP contribution in [0.3, 0.4) is 0 Å². The molecule has 0 bridgehead atoms. The van der Waals surface area contributed by atoms with Crippen molar-refractivity contribution in [3.05, 3.63) is 35.4 Å². The van der Waals surface area contributed by atoms with Gasteiger partial charge in [-0.3, -0.25) is 0 Å². The molecule has 1 saturated heterocycles. The number of hydrogen-bond donors (Lipinski definition) is 2. The molecule has 1 aromatic carbocycles. The highest BCUT2D eigenvalue weighted by Gasteiger charge is 2.36. The summed E-state index contributed by atoms with van der Waals surface area (Å²) in [6, 6.07) is 5.99. The van der Waals surface area contributed by atoms with E-state index in [0.29, 0.717) is 18.0 Å². The molecular formula is C15H21F3N2. The molecule has 20 heavy (non-hydrogen) atoms. The molecule has 2 rings (SSSR count). The summed E-state index contributed by atoms with van der Waals surface area (Å²) in [7, 11) is 1.80. The van der Waals surface area contributed by atoms with E-state index in [2.05, 4.69) is 10.6 Å². The zero-order chi connectivity index (χ0) is 14.6. The molecule has 1 heterocycles. The van der Waals surface area contributed by atoms with E-state index in [1.807, 2.05) is 0 Å². The third kappa shape index (κ3) is 3.52. The summed E-state index contributed by atoms with van der Waals surface area (Å²) in [5, 5.41) is 6.32. The molecule has 1 atom stereocenters. The first kappa shape index (κ1) is 15.3. The zero-order valence-electron chi connectivity index (χ0n) is 11.6. The van der Waals surface area contributed by atoms with Gasteiger partial charge in [0.25, 0.3) is 0 Å². The molecular weight excluding hydrogens is 265 g/mol. The van der Waals surface area contributed by atoms with Gasteiger partial charge in [0.1, 0.15) is 0 Å². The van der Waals surface area contributed by atoms with E-state index in [-0.39, 0.29) is 5.92 Å². The number of alkyl halides is 3. The van der Waals surface area contributed by atoms with Crippen LogP contribution in [0.25, 0.3) is 0 Å². The molecule has 0 radical (unpaired) electrons. The molecule has 5 heteroatoms. The van der Waals surface area contributed by atoms with Crippen LogP contribution < -0.4 is 10.6 Å². The van der Waals surface area contributed by atoms with Gasteiger partial charge in [-0.1, -0.05) is 18.2 Å². The van der Waals surface area contributed by atoms with Crippen molar-refractivity contribution in [2.45, 2.75) is 24.9 Å². The maximum atomic E-state index is 13.2. The SMILES string of the molecule is CNCC(c1ccccc1C(F)(F)F)C1CCNCC1. The maximum Gasteiger partial charge on any atom is 0.416 e. The van der Waals surface area contributed by atoms with Crippen molar-refractivity contribution in [2.75, 3.05) is 26.7 Å². The van der Waals surface area contributed by atoms with Gasteiger partial charge in [0, 0.05) is 6.54 Å². The van der Waals surface area contributed by atoms with Crippen LogP contribution in [-0.4, -0.2) is 26.7 Å². The van der Waals surface area contributed by atoms with Gasteiger partial charge >= 0.3 is 6.18 Å². The van der Waals surface area contributed by atoms with Crippen molar-refractivity contribution >= 4 is 0 Å². The van der Waals surface area contributed by atoms with Crippen molar-refractivity contribution in [3.63, 3.8) is 0 Å². The summed E-state index contributed by atoms with van der Waals surface area (Å²) >= 11 is 0. The first-order valence-corrected chi connectivity index (χ1v) is 7.05. The van der Waals surface area contributed by atoms with Crippen LogP contribution in [0, 0.1) is 5.92 Å². The lowest BCUT2D eigenvalue weighted by molar-refractivity contribution is -0.138. The number of benzene rings is 1. The average Bonchev–Trinajstić information content (AvgIpc) is 2.45. The maximum absolute atomic E-state index is 13.2. The number of halogens is 3. The van der Waals surface area contributed by atoms with Crippen molar-refractivity contribution in [3.8, 4) is 0 Å². The Hall–Kier alpha value is -1.07. The quantitative estimate of drug-likeness (QED) is 0.889. The van der Waals surface area contributed by atoms with Gasteiger partial charge in [0.15, 0.2) is 0 Å². The summed E-state index contributed by atoms with van der Waals surface area (Å²) in [5.41, 5.74) is -0.0555. The molecule has 2 N–H and O–H groups in total. The van der Waals surface area contributed by atoms with E-state index in [9.17, 15) is 13.2 Å². The van der Waals surface area contributed by atoms with Gasteiger partial charge in [-0.05, 0) is 56.4 Å². The molecule has 1 fully saturated rings. The smallest absolute Gasteiger partial charge is 0.319 e. The number of likely N-dealkylation sites (N-methyl/N-ethyl adjacent to an activating group) is 1. The number of piperidine rings is 1. The fourth-order valence-electron chi connectivity index (χ4n) is 3.08. The second kappa shape index (κ2) is 6.59. The standard InChI is InChI=1S/C15H21F3N2/c1-19-10-13(11-6-8-20-9-7-11)12-4-2-3-5-14(12)15(16,17)18/h2-5,11,13,19-20H,6-10H2,1H3. The minimum absolute atomic E-state index is 0.0834. The third-order valence-corrected chi connectivity index (χ3v) is 4.04. The summed E-state index contributed by atoms with van der Waals surface area (Å²) in [4.78, 5) is 0. The summed E-state index contributed by atoms with van der Waals surface area (Å²) in [6.07, 6.45) is -2.42. The third-order valence-electron chi connectivity index (χ3n) is 4.04. The molecule has 0 aliphatic carbocycles. The van der Waals surface area contributed by atoms with Gasteiger partial charge in [-0.2, -0.15) is 13.2 Å². The normalized spacial score (nSPS) is 19.0. The van der Waals surface area contributed by atoms with Gasteiger partial charge in [0.05, 0.1) is 5.56 Å². The molecule has 1 aliphatic heterocycles. The van der Waals surface area contributed by atoms with Crippen LogP contribution in [0.4, 0.5) is 13.2 Å². The van der Waals surface area contributed by atoms with Crippen LogP contribution in [0.15, 0.2) is 24.3 Å². The van der Waals surface area contributed by atoms with E-state index in [4.69, 9.17) is 0 Å². The number of rotatable bonds is 4. The lowest BCUT2D eigenvalue weighted by Crippen LogP contribution is -2.34. The number of nitrogens with one attached hydrogen (secondary N) is 2. The second-order valence-corrected chi connectivity index (χ2v) is 5.34. The largest absolute Gasteiger partial charge is 0.416 e. The fourth-order valence-corrected chi connectivity index (χ4v) is 3.08. The van der Waals surface area contributed by atoms with Gasteiger partial charge in [-0.25, -0.2) is 0 Å². The Labute approximate surface area is 117 Å². The molecule has 1 aromatic rings. The van der Waals surface area contributed by atoms with Crippen molar-refractivity contribution in [2.24, 2.45) is 5.92 Å². The Kier molecular flexibility index (Phi) is 5.05. The van der Waals surface area contributed by atoms with Gasteiger partial charge in [0.2, 0.25) is 0 Å². The number of hydrogen-bond acceptors (Lipinski definition) is 2. The van der Waals surface area contributed by atoms with Crippen molar-refractivity contribution in [1.29, 1.82) is 0 Å². The Morgan fingerprint density at radius 2 is 1.90 bits per heavy atom. The first-order valence-electron chi connectivity index (χ1n) is 7.05. The van der Waals surface area contributed by atoms with Gasteiger partial charge < -0.3 is 10.6 Å². The van der Waals surface area contributed by atoms with E-state index in [0.717, 1.165) is 25.9 Å².